The number of nitrogens with zero attached hydrogens (tertiary/aromatic N) is 1. The summed E-state index contributed by atoms with van der Waals surface area (Å²) in [5.74, 6) is 0.440. The predicted molar refractivity (Wildman–Crippen MR) is 89.9 cm³/mol. The molecule has 122 valence electrons. The number of rotatable bonds is 4. The van der Waals surface area contributed by atoms with Gasteiger partial charge < -0.3 is 10.3 Å². The van der Waals surface area contributed by atoms with Crippen molar-refractivity contribution in [1.29, 1.82) is 0 Å². The average molecular weight is 323 g/mol. The van der Waals surface area contributed by atoms with Crippen LogP contribution in [0.1, 0.15) is 30.7 Å². The van der Waals surface area contributed by atoms with Crippen LogP contribution < -0.4 is 5.32 Å². The summed E-state index contributed by atoms with van der Waals surface area (Å²) in [5.41, 5.74) is 2.20. The molecule has 3 aromatic rings. The molecule has 4 nitrogen and oxygen atoms in total. The first-order valence-electron chi connectivity index (χ1n) is 8.15. The first-order valence-corrected chi connectivity index (χ1v) is 8.15. The Hall–Kier alpha value is -2.69. The van der Waals surface area contributed by atoms with E-state index in [0.29, 0.717) is 6.54 Å². The molecule has 2 N–H and O–H groups in total. The summed E-state index contributed by atoms with van der Waals surface area (Å²) in [7, 11) is 0. The molecule has 0 unspecified atom stereocenters. The van der Waals surface area contributed by atoms with E-state index in [4.69, 9.17) is 0 Å². The lowest BCUT2D eigenvalue weighted by Crippen LogP contribution is -2.49. The molecule has 0 aliphatic heterocycles. The maximum Gasteiger partial charge on any atom is 0.231 e. The van der Waals surface area contributed by atoms with Gasteiger partial charge >= 0.3 is 0 Å². The number of carbonyl (C=O) groups excluding carboxylic acids is 1. The Balaban J connectivity index is 1.51. The van der Waals surface area contributed by atoms with Gasteiger partial charge in [0.05, 0.1) is 23.0 Å². The van der Waals surface area contributed by atoms with Gasteiger partial charge in [0.25, 0.3) is 0 Å². The van der Waals surface area contributed by atoms with Crippen molar-refractivity contribution in [2.75, 3.05) is 0 Å². The molecule has 0 bridgehead atoms. The highest BCUT2D eigenvalue weighted by atomic mass is 19.1. The quantitative estimate of drug-likeness (QED) is 0.773. The maximum atomic E-state index is 13.2. The van der Waals surface area contributed by atoms with Crippen LogP contribution >= 0.6 is 0 Å². The number of nitrogens with one attached hydrogen (secondary N) is 2. The molecular weight excluding hydrogens is 305 g/mol. The van der Waals surface area contributed by atoms with E-state index >= 15 is 0 Å². The highest BCUT2D eigenvalue weighted by molar-refractivity contribution is 5.89. The lowest BCUT2D eigenvalue weighted by molar-refractivity contribution is -0.130. The number of hydrogen-bond acceptors (Lipinski definition) is 2. The molecule has 1 heterocycles. The van der Waals surface area contributed by atoms with Crippen molar-refractivity contribution in [2.24, 2.45) is 0 Å². The minimum atomic E-state index is -0.528. The Morgan fingerprint density at radius 2 is 1.92 bits per heavy atom. The third-order valence-electron chi connectivity index (χ3n) is 4.89. The van der Waals surface area contributed by atoms with Gasteiger partial charge in [-0.3, -0.25) is 4.79 Å². The second kappa shape index (κ2) is 5.74. The summed E-state index contributed by atoms with van der Waals surface area (Å²) >= 11 is 0. The molecule has 0 saturated heterocycles. The lowest BCUT2D eigenvalue weighted by Gasteiger charge is -2.40. The summed E-state index contributed by atoms with van der Waals surface area (Å²) in [6, 6.07) is 14.0. The first-order chi connectivity index (χ1) is 11.7. The van der Waals surface area contributed by atoms with Gasteiger partial charge in [0.1, 0.15) is 11.6 Å². The molecule has 1 aromatic heterocycles. The predicted octanol–water partition coefficient (Wildman–Crippen LogP) is 3.44. The van der Waals surface area contributed by atoms with Crippen LogP contribution in [0.25, 0.3) is 11.0 Å². The van der Waals surface area contributed by atoms with Gasteiger partial charge in [-0.1, -0.05) is 30.7 Å². The molecule has 1 saturated carbocycles. The number of hydrogen-bond donors (Lipinski definition) is 2. The number of aromatic nitrogens is 2. The highest BCUT2D eigenvalue weighted by Crippen LogP contribution is 2.44. The fourth-order valence-electron chi connectivity index (χ4n) is 3.37. The molecule has 5 heteroatoms. The molecule has 1 aliphatic rings. The van der Waals surface area contributed by atoms with E-state index in [0.717, 1.165) is 41.7 Å². The van der Waals surface area contributed by atoms with E-state index in [2.05, 4.69) is 15.3 Å². The van der Waals surface area contributed by atoms with E-state index in [9.17, 15) is 9.18 Å². The minimum absolute atomic E-state index is 0.0131. The topological polar surface area (TPSA) is 57.8 Å². The van der Waals surface area contributed by atoms with Gasteiger partial charge in [-0.2, -0.15) is 0 Å². The van der Waals surface area contributed by atoms with E-state index < -0.39 is 5.41 Å². The second-order valence-electron chi connectivity index (χ2n) is 6.33. The molecule has 0 atom stereocenters. The van der Waals surface area contributed by atoms with Gasteiger partial charge in [-0.05, 0) is 42.7 Å². The minimum Gasteiger partial charge on any atom is -0.348 e. The molecule has 1 amide bonds. The molecule has 1 fully saturated rings. The fourth-order valence-corrected chi connectivity index (χ4v) is 3.37. The van der Waals surface area contributed by atoms with Crippen LogP contribution in [0, 0.1) is 5.82 Å². The number of benzene rings is 2. The lowest BCUT2D eigenvalue weighted by atomic mass is 9.64. The summed E-state index contributed by atoms with van der Waals surface area (Å²) in [4.78, 5) is 20.5. The van der Waals surface area contributed by atoms with Crippen LogP contribution in [0.5, 0.6) is 0 Å². The van der Waals surface area contributed by atoms with Crippen molar-refractivity contribution in [3.63, 3.8) is 0 Å². The standard InChI is InChI=1S/C19H18FN3O/c20-14-8-6-13(7-9-14)19(10-3-11-19)18(24)21-12-17-22-15-4-1-2-5-16(15)23-17/h1-2,4-9H,3,10-12H2,(H,21,24)(H,22,23). The van der Waals surface area contributed by atoms with E-state index in [-0.39, 0.29) is 11.7 Å². The highest BCUT2D eigenvalue weighted by Gasteiger charge is 2.45. The Kier molecular flexibility index (Phi) is 3.56. The van der Waals surface area contributed by atoms with Crippen LogP contribution in [0.3, 0.4) is 0 Å². The van der Waals surface area contributed by atoms with Crippen LogP contribution in [0.4, 0.5) is 4.39 Å². The van der Waals surface area contributed by atoms with Crippen molar-refractivity contribution in [2.45, 2.75) is 31.2 Å². The van der Waals surface area contributed by atoms with Gasteiger partial charge in [0.15, 0.2) is 0 Å². The SMILES string of the molecule is O=C(NCc1nc2ccccc2[nH]1)C1(c2ccc(F)cc2)CCC1. The van der Waals surface area contributed by atoms with Crippen LogP contribution in [0.15, 0.2) is 48.5 Å². The smallest absolute Gasteiger partial charge is 0.231 e. The van der Waals surface area contributed by atoms with Gasteiger partial charge in [-0.15, -0.1) is 0 Å². The number of amides is 1. The van der Waals surface area contributed by atoms with Crippen molar-refractivity contribution in [3.8, 4) is 0 Å². The zero-order chi connectivity index (χ0) is 16.6. The summed E-state index contributed by atoms with van der Waals surface area (Å²) in [5, 5.41) is 2.99. The third-order valence-corrected chi connectivity index (χ3v) is 4.89. The number of halogens is 1. The van der Waals surface area contributed by atoms with Crippen molar-refractivity contribution in [3.05, 3.63) is 65.7 Å². The Bertz CT molecular complexity index is 848. The molecule has 2 aromatic carbocycles. The summed E-state index contributed by atoms with van der Waals surface area (Å²) < 4.78 is 13.2. The van der Waals surface area contributed by atoms with E-state index in [1.54, 1.807) is 12.1 Å². The monoisotopic (exact) mass is 323 g/mol. The maximum absolute atomic E-state index is 13.2. The van der Waals surface area contributed by atoms with E-state index in [1.807, 2.05) is 24.3 Å². The second-order valence-corrected chi connectivity index (χ2v) is 6.33. The third kappa shape index (κ3) is 2.46. The Morgan fingerprint density at radius 1 is 1.17 bits per heavy atom. The summed E-state index contributed by atoms with van der Waals surface area (Å²) in [6.07, 6.45) is 2.60. The molecular formula is C19H18FN3O. The van der Waals surface area contributed by atoms with Crippen LogP contribution in [-0.4, -0.2) is 15.9 Å². The zero-order valence-corrected chi connectivity index (χ0v) is 13.2. The van der Waals surface area contributed by atoms with Gasteiger partial charge in [0.2, 0.25) is 5.91 Å². The Labute approximate surface area is 139 Å². The number of imidazole rings is 1. The van der Waals surface area contributed by atoms with Crippen LogP contribution in [0.2, 0.25) is 0 Å². The van der Waals surface area contributed by atoms with Crippen LogP contribution in [-0.2, 0) is 16.8 Å². The van der Waals surface area contributed by atoms with Crippen molar-refractivity contribution < 1.29 is 9.18 Å². The number of fused-ring (bicyclic) bond motifs is 1. The Morgan fingerprint density at radius 3 is 2.58 bits per heavy atom. The zero-order valence-electron chi connectivity index (χ0n) is 13.2. The molecule has 0 radical (unpaired) electrons. The molecule has 24 heavy (non-hydrogen) atoms. The van der Waals surface area contributed by atoms with Crippen molar-refractivity contribution >= 4 is 16.9 Å². The molecule has 1 aliphatic carbocycles. The first kappa shape index (κ1) is 14.9. The van der Waals surface area contributed by atoms with E-state index in [1.165, 1.54) is 12.1 Å². The number of para-hydroxylation sites is 2. The number of H-pyrrole nitrogens is 1. The number of carbonyl (C=O) groups is 1. The largest absolute Gasteiger partial charge is 0.348 e. The van der Waals surface area contributed by atoms with Gasteiger partial charge in [0, 0.05) is 0 Å². The van der Waals surface area contributed by atoms with Gasteiger partial charge in [-0.25, -0.2) is 9.37 Å². The normalized spacial score (nSPS) is 15.9. The fraction of sp³-hybridized carbons (Fsp3) is 0.263. The average Bonchev–Trinajstić information content (AvgIpc) is 2.96. The molecule has 0 spiro atoms. The number of aromatic amines is 1. The summed E-state index contributed by atoms with van der Waals surface area (Å²) in [6.45, 7) is 0.358. The van der Waals surface area contributed by atoms with Crippen molar-refractivity contribution in [1.82, 2.24) is 15.3 Å². The molecule has 4 rings (SSSR count).